The molecule has 0 aliphatic heterocycles. The number of anilines is 4. The number of amides is 1. The zero-order valence-corrected chi connectivity index (χ0v) is 13.7. The van der Waals surface area contributed by atoms with Crippen molar-refractivity contribution < 1.29 is 14.5 Å². The minimum atomic E-state index is -0.304. The summed E-state index contributed by atoms with van der Waals surface area (Å²) in [6, 6.07) is 14.2. The molecule has 25 heavy (non-hydrogen) atoms. The van der Waals surface area contributed by atoms with Gasteiger partial charge in [-0.05, 0) is 34.6 Å². The fourth-order valence-corrected chi connectivity index (χ4v) is 2.20. The quantitative estimate of drug-likeness (QED) is 0.614. The number of aromatic hydroxyl groups is 1. The van der Waals surface area contributed by atoms with Gasteiger partial charge in [-0.15, -0.1) is 0 Å². The molecule has 0 aliphatic carbocycles. The van der Waals surface area contributed by atoms with E-state index in [2.05, 4.69) is 20.9 Å². The number of nitrogens with zero attached hydrogens (tertiary/aromatic N) is 3. The Labute approximate surface area is 144 Å². The third-order valence-corrected chi connectivity index (χ3v) is 3.45. The van der Waals surface area contributed by atoms with Gasteiger partial charge in [-0.1, -0.05) is 24.3 Å². The maximum Gasteiger partial charge on any atom is 0.257 e. The number of phenols is 1. The average molecular weight is 339 g/mol. The summed E-state index contributed by atoms with van der Waals surface area (Å²) >= 11 is 0. The van der Waals surface area contributed by atoms with Crippen LogP contribution < -0.4 is 10.6 Å². The van der Waals surface area contributed by atoms with E-state index in [9.17, 15) is 9.90 Å². The smallest absolute Gasteiger partial charge is 0.257 e. The van der Waals surface area contributed by atoms with Gasteiger partial charge in [0.25, 0.3) is 5.91 Å². The predicted molar refractivity (Wildman–Crippen MR) is 93.4 cm³/mol. The Morgan fingerprint density at radius 3 is 2.36 bits per heavy atom. The van der Waals surface area contributed by atoms with Crippen LogP contribution in [0.25, 0.3) is 0 Å². The third-order valence-electron chi connectivity index (χ3n) is 3.45. The number of phenolic OH excluding ortho intramolecular Hbond substituents is 1. The average Bonchev–Trinajstić information content (AvgIpc) is 3.04. The van der Waals surface area contributed by atoms with Crippen molar-refractivity contribution in [1.29, 1.82) is 0 Å². The van der Waals surface area contributed by atoms with E-state index in [1.807, 2.05) is 30.3 Å². The van der Waals surface area contributed by atoms with E-state index in [0.717, 1.165) is 5.69 Å². The molecule has 0 saturated heterocycles. The lowest BCUT2D eigenvalue weighted by atomic mass is 10.1. The van der Waals surface area contributed by atoms with Crippen LogP contribution in [0, 0.1) is 0 Å². The van der Waals surface area contributed by atoms with E-state index < -0.39 is 0 Å². The van der Waals surface area contributed by atoms with E-state index in [1.165, 1.54) is 4.90 Å². The lowest BCUT2D eigenvalue weighted by Gasteiger charge is -2.14. The highest BCUT2D eigenvalue weighted by molar-refractivity contribution is 5.98. The van der Waals surface area contributed by atoms with Crippen LogP contribution in [-0.2, 0) is 0 Å². The van der Waals surface area contributed by atoms with Crippen LogP contribution in [-0.4, -0.2) is 40.3 Å². The molecule has 8 heteroatoms. The maximum absolute atomic E-state index is 12.1. The number of carbonyl (C=O) groups is 1. The van der Waals surface area contributed by atoms with Crippen LogP contribution in [0.3, 0.4) is 0 Å². The molecule has 0 atom stereocenters. The first-order valence-corrected chi connectivity index (χ1v) is 7.51. The first-order chi connectivity index (χ1) is 12.1. The van der Waals surface area contributed by atoms with Gasteiger partial charge in [0.1, 0.15) is 0 Å². The summed E-state index contributed by atoms with van der Waals surface area (Å²) in [5.41, 5.74) is 1.31. The number of rotatable bonds is 5. The van der Waals surface area contributed by atoms with Gasteiger partial charge in [-0.2, -0.15) is 0 Å². The Morgan fingerprint density at radius 1 is 1.00 bits per heavy atom. The molecule has 0 radical (unpaired) electrons. The molecule has 1 amide bonds. The highest BCUT2D eigenvalue weighted by Crippen LogP contribution is 2.32. The van der Waals surface area contributed by atoms with E-state index in [-0.39, 0.29) is 23.0 Å². The van der Waals surface area contributed by atoms with Gasteiger partial charge in [0.2, 0.25) is 11.6 Å². The first-order valence-electron chi connectivity index (χ1n) is 7.51. The lowest BCUT2D eigenvalue weighted by Crippen LogP contribution is -2.21. The Kier molecular flexibility index (Phi) is 4.51. The van der Waals surface area contributed by atoms with Crippen LogP contribution >= 0.6 is 0 Å². The van der Waals surface area contributed by atoms with Crippen molar-refractivity contribution in [2.24, 2.45) is 0 Å². The van der Waals surface area contributed by atoms with Gasteiger partial charge in [-0.3, -0.25) is 4.79 Å². The fourth-order valence-electron chi connectivity index (χ4n) is 2.20. The normalized spacial score (nSPS) is 10.3. The molecule has 3 N–H and O–H groups in total. The van der Waals surface area contributed by atoms with Gasteiger partial charge < -0.3 is 20.6 Å². The number of benzene rings is 2. The number of para-hydroxylation sites is 2. The summed E-state index contributed by atoms with van der Waals surface area (Å²) in [4.78, 5) is 13.5. The molecule has 2 aromatic carbocycles. The molecule has 0 aliphatic rings. The van der Waals surface area contributed by atoms with Crippen molar-refractivity contribution in [3.8, 4) is 5.75 Å². The van der Waals surface area contributed by atoms with E-state index in [0.29, 0.717) is 11.5 Å². The molecular weight excluding hydrogens is 322 g/mol. The second-order valence-corrected chi connectivity index (χ2v) is 5.48. The van der Waals surface area contributed by atoms with Crippen molar-refractivity contribution in [3.63, 3.8) is 0 Å². The van der Waals surface area contributed by atoms with Crippen molar-refractivity contribution in [2.45, 2.75) is 0 Å². The van der Waals surface area contributed by atoms with Crippen LogP contribution in [0.4, 0.5) is 23.0 Å². The number of nitrogens with one attached hydrogen (secondary N) is 2. The van der Waals surface area contributed by atoms with Gasteiger partial charge in [0.15, 0.2) is 5.75 Å². The van der Waals surface area contributed by atoms with Crippen molar-refractivity contribution in [3.05, 3.63) is 54.1 Å². The van der Waals surface area contributed by atoms with Crippen LogP contribution in [0.5, 0.6) is 5.75 Å². The molecule has 0 bridgehead atoms. The molecule has 0 unspecified atom stereocenters. The zero-order valence-electron chi connectivity index (χ0n) is 13.7. The predicted octanol–water partition coefficient (Wildman–Crippen LogP) is 2.96. The minimum Gasteiger partial charge on any atom is -0.505 e. The zero-order chi connectivity index (χ0) is 17.8. The third kappa shape index (κ3) is 3.52. The van der Waals surface area contributed by atoms with E-state index in [1.54, 1.807) is 32.3 Å². The summed E-state index contributed by atoms with van der Waals surface area (Å²) in [5.74, 6) is 0.167. The molecule has 3 rings (SSSR count). The molecule has 3 aromatic rings. The van der Waals surface area contributed by atoms with Crippen LogP contribution in [0.2, 0.25) is 0 Å². The molecule has 0 saturated carbocycles. The van der Waals surface area contributed by atoms with Crippen LogP contribution in [0.15, 0.2) is 53.2 Å². The Hall–Kier alpha value is -3.55. The number of hydrogen-bond donors (Lipinski definition) is 3. The van der Waals surface area contributed by atoms with Crippen molar-refractivity contribution >= 4 is 28.9 Å². The minimum absolute atomic E-state index is 0.171. The second kappa shape index (κ2) is 6.91. The summed E-state index contributed by atoms with van der Waals surface area (Å²) < 4.78 is 4.76. The molecule has 1 heterocycles. The standard InChI is InChI=1S/C17H17N5O3/c1-22(2)17(24)12-9-6-10-13(14(12)23)19-16-15(20-25-21-16)18-11-7-4-3-5-8-11/h3-10,23H,1-2H3,(H,18,20)(H,19,21). The van der Waals surface area contributed by atoms with E-state index in [4.69, 9.17) is 4.63 Å². The summed E-state index contributed by atoms with van der Waals surface area (Å²) in [7, 11) is 3.23. The summed E-state index contributed by atoms with van der Waals surface area (Å²) in [5, 5.41) is 24.0. The molecule has 8 nitrogen and oxygen atoms in total. The van der Waals surface area contributed by atoms with Crippen LogP contribution in [0.1, 0.15) is 10.4 Å². The molecular formula is C17H17N5O3. The largest absolute Gasteiger partial charge is 0.505 e. The molecule has 1 aromatic heterocycles. The fraction of sp³-hybridized carbons (Fsp3) is 0.118. The number of hydrogen-bond acceptors (Lipinski definition) is 7. The lowest BCUT2D eigenvalue weighted by molar-refractivity contribution is 0.0824. The maximum atomic E-state index is 12.1. The summed E-state index contributed by atoms with van der Waals surface area (Å²) in [6.07, 6.45) is 0. The van der Waals surface area contributed by atoms with Gasteiger partial charge >= 0.3 is 0 Å². The van der Waals surface area contributed by atoms with Gasteiger partial charge in [0.05, 0.1) is 11.3 Å². The highest BCUT2D eigenvalue weighted by Gasteiger charge is 2.18. The first kappa shape index (κ1) is 16.3. The second-order valence-electron chi connectivity index (χ2n) is 5.48. The topological polar surface area (TPSA) is 104 Å². The molecule has 128 valence electrons. The summed E-state index contributed by atoms with van der Waals surface area (Å²) in [6.45, 7) is 0. The monoisotopic (exact) mass is 339 g/mol. The number of carbonyl (C=O) groups excluding carboxylic acids is 1. The SMILES string of the molecule is CN(C)C(=O)c1cccc(Nc2nonc2Nc2ccccc2)c1O. The van der Waals surface area contributed by atoms with Gasteiger partial charge in [0, 0.05) is 19.8 Å². The van der Waals surface area contributed by atoms with E-state index >= 15 is 0 Å². The Morgan fingerprint density at radius 2 is 1.68 bits per heavy atom. The van der Waals surface area contributed by atoms with Gasteiger partial charge in [-0.25, -0.2) is 4.63 Å². The van der Waals surface area contributed by atoms with Crippen molar-refractivity contribution in [2.75, 3.05) is 24.7 Å². The van der Waals surface area contributed by atoms with Crippen molar-refractivity contribution in [1.82, 2.24) is 15.2 Å². The number of aromatic nitrogens is 2. The Bertz CT molecular complexity index is 877. The molecule has 0 fully saturated rings. The Balaban J connectivity index is 1.86. The highest BCUT2D eigenvalue weighted by atomic mass is 16.6. The molecule has 0 spiro atoms.